The number of piperazine rings is 1. The fraction of sp³-hybridized carbons (Fsp3) is 0.333. The molecule has 1 aromatic heterocycles. The van der Waals surface area contributed by atoms with Crippen LogP contribution in [0.3, 0.4) is 0 Å². The van der Waals surface area contributed by atoms with E-state index in [1.54, 1.807) is 24.4 Å². The summed E-state index contributed by atoms with van der Waals surface area (Å²) < 4.78 is 0. The van der Waals surface area contributed by atoms with Crippen LogP contribution >= 0.6 is 11.6 Å². The van der Waals surface area contributed by atoms with Crippen LogP contribution in [0.1, 0.15) is 11.6 Å². The first-order chi connectivity index (χ1) is 10.2. The standard InChI is InChI=1S/C15H16ClN3O2/c16-12-4-3-11(13-10(12)2-1-5-18-13)14(15(20)21)19-8-6-17-7-9-19/h1-5,14,17H,6-9H2,(H,20,21). The molecule has 6 heteroatoms. The number of aliphatic carboxylic acids is 1. The van der Waals surface area contributed by atoms with E-state index in [1.807, 2.05) is 11.0 Å². The first kappa shape index (κ1) is 14.3. The summed E-state index contributed by atoms with van der Waals surface area (Å²) in [6, 6.07) is 6.50. The van der Waals surface area contributed by atoms with Crippen LogP contribution in [0.5, 0.6) is 0 Å². The fourth-order valence-electron chi connectivity index (χ4n) is 2.81. The Bertz CT molecular complexity index is 671. The number of pyridine rings is 1. The molecule has 1 aliphatic rings. The molecule has 0 amide bonds. The van der Waals surface area contributed by atoms with Crippen LogP contribution in [0, 0.1) is 0 Å². The molecule has 1 aromatic carbocycles. The highest BCUT2D eigenvalue weighted by Crippen LogP contribution is 2.31. The summed E-state index contributed by atoms with van der Waals surface area (Å²) in [7, 11) is 0. The monoisotopic (exact) mass is 305 g/mol. The molecule has 1 fully saturated rings. The number of halogens is 1. The highest BCUT2D eigenvalue weighted by atomic mass is 35.5. The van der Waals surface area contributed by atoms with Crippen molar-refractivity contribution in [1.82, 2.24) is 15.2 Å². The van der Waals surface area contributed by atoms with Gasteiger partial charge in [0.25, 0.3) is 0 Å². The molecule has 0 radical (unpaired) electrons. The summed E-state index contributed by atoms with van der Waals surface area (Å²) in [5.74, 6) is -0.855. The second kappa shape index (κ2) is 5.97. The van der Waals surface area contributed by atoms with Crippen molar-refractivity contribution >= 4 is 28.5 Å². The van der Waals surface area contributed by atoms with Gasteiger partial charge in [0.1, 0.15) is 6.04 Å². The van der Waals surface area contributed by atoms with Crippen LogP contribution in [-0.2, 0) is 4.79 Å². The van der Waals surface area contributed by atoms with Crippen molar-refractivity contribution in [3.05, 3.63) is 41.0 Å². The molecular weight excluding hydrogens is 290 g/mol. The third kappa shape index (κ3) is 2.72. The molecule has 3 rings (SSSR count). The van der Waals surface area contributed by atoms with E-state index in [9.17, 15) is 9.90 Å². The number of benzene rings is 1. The Hall–Kier alpha value is -1.69. The Labute approximate surface area is 127 Å². The molecule has 2 aromatic rings. The molecule has 1 atom stereocenters. The maximum atomic E-state index is 11.8. The lowest BCUT2D eigenvalue weighted by atomic mass is 10.0. The number of nitrogens with zero attached hydrogens (tertiary/aromatic N) is 2. The maximum absolute atomic E-state index is 11.8. The van der Waals surface area contributed by atoms with E-state index in [-0.39, 0.29) is 0 Å². The Morgan fingerprint density at radius 2 is 2.10 bits per heavy atom. The third-order valence-electron chi connectivity index (χ3n) is 3.79. The zero-order valence-electron chi connectivity index (χ0n) is 11.4. The van der Waals surface area contributed by atoms with Gasteiger partial charge in [-0.05, 0) is 18.2 Å². The molecule has 0 aliphatic carbocycles. The van der Waals surface area contributed by atoms with Gasteiger partial charge < -0.3 is 10.4 Å². The zero-order valence-corrected chi connectivity index (χ0v) is 12.2. The molecule has 1 unspecified atom stereocenters. The van der Waals surface area contributed by atoms with Crippen molar-refractivity contribution in [3.8, 4) is 0 Å². The second-order valence-electron chi connectivity index (χ2n) is 5.06. The Kier molecular flexibility index (Phi) is 4.05. The van der Waals surface area contributed by atoms with Crippen molar-refractivity contribution in [2.75, 3.05) is 26.2 Å². The minimum absolute atomic E-state index is 0.589. The zero-order chi connectivity index (χ0) is 14.8. The first-order valence-corrected chi connectivity index (χ1v) is 7.27. The van der Waals surface area contributed by atoms with E-state index < -0.39 is 12.0 Å². The van der Waals surface area contributed by atoms with Crippen LogP contribution in [0.25, 0.3) is 10.9 Å². The third-order valence-corrected chi connectivity index (χ3v) is 4.12. The average Bonchev–Trinajstić information content (AvgIpc) is 2.51. The second-order valence-corrected chi connectivity index (χ2v) is 5.47. The molecule has 5 nitrogen and oxygen atoms in total. The molecule has 21 heavy (non-hydrogen) atoms. The summed E-state index contributed by atoms with van der Waals surface area (Å²) >= 11 is 6.19. The molecule has 0 bridgehead atoms. The van der Waals surface area contributed by atoms with Crippen molar-refractivity contribution in [2.24, 2.45) is 0 Å². The van der Waals surface area contributed by atoms with Gasteiger partial charge in [0.05, 0.1) is 5.52 Å². The van der Waals surface area contributed by atoms with Gasteiger partial charge in [0.15, 0.2) is 0 Å². The predicted molar refractivity (Wildman–Crippen MR) is 81.6 cm³/mol. The first-order valence-electron chi connectivity index (χ1n) is 6.89. The van der Waals surface area contributed by atoms with E-state index in [1.165, 1.54) is 0 Å². The van der Waals surface area contributed by atoms with Gasteiger partial charge in [-0.2, -0.15) is 0 Å². The minimum Gasteiger partial charge on any atom is -0.480 e. The fourth-order valence-corrected chi connectivity index (χ4v) is 3.02. The summed E-state index contributed by atoms with van der Waals surface area (Å²) in [6.07, 6.45) is 1.67. The van der Waals surface area contributed by atoms with Gasteiger partial charge in [-0.3, -0.25) is 14.7 Å². The van der Waals surface area contributed by atoms with Gasteiger partial charge in [0.2, 0.25) is 0 Å². The van der Waals surface area contributed by atoms with Gasteiger partial charge in [-0.25, -0.2) is 0 Å². The quantitative estimate of drug-likeness (QED) is 0.907. The van der Waals surface area contributed by atoms with E-state index in [2.05, 4.69) is 10.3 Å². The van der Waals surface area contributed by atoms with Gasteiger partial charge >= 0.3 is 5.97 Å². The van der Waals surface area contributed by atoms with Crippen molar-refractivity contribution < 1.29 is 9.90 Å². The van der Waals surface area contributed by atoms with Gasteiger partial charge in [-0.1, -0.05) is 17.7 Å². The van der Waals surface area contributed by atoms with E-state index in [0.717, 1.165) is 18.5 Å². The molecule has 1 saturated heterocycles. The van der Waals surface area contributed by atoms with Crippen molar-refractivity contribution in [1.29, 1.82) is 0 Å². The number of carboxylic acids is 1. The Morgan fingerprint density at radius 1 is 1.33 bits per heavy atom. The van der Waals surface area contributed by atoms with E-state index in [0.29, 0.717) is 29.2 Å². The lowest BCUT2D eigenvalue weighted by molar-refractivity contribution is -0.143. The number of carbonyl (C=O) groups is 1. The number of hydrogen-bond acceptors (Lipinski definition) is 4. The number of carboxylic acid groups (broad SMARTS) is 1. The summed E-state index contributed by atoms with van der Waals surface area (Å²) in [4.78, 5) is 18.1. The molecule has 0 saturated carbocycles. The maximum Gasteiger partial charge on any atom is 0.325 e. The Morgan fingerprint density at radius 3 is 2.81 bits per heavy atom. The SMILES string of the molecule is O=C(O)C(c1ccc(Cl)c2cccnc12)N1CCNCC1. The van der Waals surface area contributed by atoms with Crippen LogP contribution in [0.2, 0.25) is 5.02 Å². The van der Waals surface area contributed by atoms with E-state index >= 15 is 0 Å². The largest absolute Gasteiger partial charge is 0.480 e. The Balaban J connectivity index is 2.11. The molecule has 2 N–H and O–H groups in total. The lowest BCUT2D eigenvalue weighted by Crippen LogP contribution is -2.47. The van der Waals surface area contributed by atoms with Crippen molar-refractivity contribution in [3.63, 3.8) is 0 Å². The lowest BCUT2D eigenvalue weighted by Gasteiger charge is -2.32. The topological polar surface area (TPSA) is 65.5 Å². The summed E-state index contributed by atoms with van der Waals surface area (Å²) in [6.45, 7) is 2.99. The van der Waals surface area contributed by atoms with Crippen LogP contribution in [0.4, 0.5) is 0 Å². The smallest absolute Gasteiger partial charge is 0.325 e. The minimum atomic E-state index is -0.855. The van der Waals surface area contributed by atoms with Crippen molar-refractivity contribution in [2.45, 2.75) is 6.04 Å². The summed E-state index contributed by atoms with van der Waals surface area (Å²) in [5.41, 5.74) is 1.36. The predicted octanol–water partition coefficient (Wildman–Crippen LogP) is 1.92. The molecule has 0 spiro atoms. The highest BCUT2D eigenvalue weighted by Gasteiger charge is 2.30. The van der Waals surface area contributed by atoms with E-state index in [4.69, 9.17) is 11.6 Å². The number of nitrogens with one attached hydrogen (secondary N) is 1. The molecule has 110 valence electrons. The van der Waals surface area contributed by atoms with Gasteiger partial charge in [-0.15, -0.1) is 0 Å². The number of rotatable bonds is 3. The van der Waals surface area contributed by atoms with Crippen LogP contribution in [-0.4, -0.2) is 47.1 Å². The normalized spacial score (nSPS) is 17.8. The van der Waals surface area contributed by atoms with Crippen LogP contribution in [0.15, 0.2) is 30.5 Å². The van der Waals surface area contributed by atoms with Gasteiger partial charge in [0, 0.05) is 48.3 Å². The average molecular weight is 306 g/mol. The van der Waals surface area contributed by atoms with Crippen LogP contribution < -0.4 is 5.32 Å². The molecule has 2 heterocycles. The molecular formula is C15H16ClN3O2. The number of fused-ring (bicyclic) bond motifs is 1. The number of hydrogen-bond donors (Lipinski definition) is 2. The summed E-state index contributed by atoms with van der Waals surface area (Å²) in [5, 5.41) is 14.3. The highest BCUT2D eigenvalue weighted by molar-refractivity contribution is 6.35. The molecule has 1 aliphatic heterocycles. The number of aromatic nitrogens is 1.